The fourth-order valence-corrected chi connectivity index (χ4v) is 4.41. The zero-order valence-electron chi connectivity index (χ0n) is 15.2. The number of carbonyl (C=O) groups excluding carboxylic acids is 1. The summed E-state index contributed by atoms with van der Waals surface area (Å²) in [4.78, 5) is 12.2. The van der Waals surface area contributed by atoms with E-state index in [1.165, 1.54) is 57.1 Å². The van der Waals surface area contributed by atoms with Gasteiger partial charge in [0.05, 0.1) is 32.5 Å². The number of ether oxygens (including phenoxy) is 2. The number of phenolic OH excluding ortho intramolecular Hbond substituents is 1. The molecular weight excluding hydrogens is 384 g/mol. The minimum Gasteiger partial charge on any atom is -0.507 e. The van der Waals surface area contributed by atoms with Crippen LogP contribution in [-0.2, 0) is 20.3 Å². The number of carbonyl (C=O) groups is 1. The van der Waals surface area contributed by atoms with Gasteiger partial charge in [-0.05, 0) is 23.8 Å². The molecule has 0 bridgehead atoms. The van der Waals surface area contributed by atoms with E-state index >= 15 is 0 Å². The van der Waals surface area contributed by atoms with Gasteiger partial charge in [0.15, 0.2) is 9.84 Å². The number of aromatic hydroxyl groups is 1. The maximum atomic E-state index is 12.8. The number of para-hydroxylation sites is 1. The molecule has 0 aliphatic heterocycles. The average Bonchev–Trinajstić information content (AvgIpc) is 3.21. The van der Waals surface area contributed by atoms with Gasteiger partial charge in [0.1, 0.15) is 22.0 Å². The van der Waals surface area contributed by atoms with Crippen LogP contribution in [-0.4, -0.2) is 33.7 Å². The van der Waals surface area contributed by atoms with E-state index in [0.717, 1.165) is 0 Å². The van der Waals surface area contributed by atoms with Gasteiger partial charge < -0.3 is 19.0 Å². The molecule has 0 radical (unpaired) electrons. The number of methoxy groups -OCH3 is 2. The molecule has 1 heterocycles. The highest BCUT2D eigenvalue weighted by Gasteiger charge is 2.27. The molecule has 1 N–H and O–H groups in total. The SMILES string of the molecule is COC(=O)c1c(CS(=O)(=O)c2ccccc2O)ccc(-c2ccoc2)c1OC. The minimum atomic E-state index is -3.93. The molecule has 1 aromatic heterocycles. The van der Waals surface area contributed by atoms with Gasteiger partial charge >= 0.3 is 5.97 Å². The lowest BCUT2D eigenvalue weighted by Gasteiger charge is -2.16. The lowest BCUT2D eigenvalue weighted by atomic mass is 9.99. The summed E-state index contributed by atoms with van der Waals surface area (Å²) in [6.45, 7) is 0. The standard InChI is InChI=1S/C20H18O7S/c1-25-19-15(13-9-10-27-11-13)8-7-14(18(19)20(22)26-2)12-28(23,24)17-6-4-3-5-16(17)21/h3-11,21H,12H2,1-2H3. The Balaban J connectivity index is 2.16. The molecule has 0 amide bonds. The van der Waals surface area contributed by atoms with Gasteiger partial charge in [-0.1, -0.05) is 24.3 Å². The molecule has 0 atom stereocenters. The number of esters is 1. The van der Waals surface area contributed by atoms with Gasteiger partial charge in [-0.3, -0.25) is 0 Å². The average molecular weight is 402 g/mol. The molecule has 2 aromatic carbocycles. The third kappa shape index (κ3) is 3.59. The molecule has 0 aliphatic carbocycles. The van der Waals surface area contributed by atoms with Crippen LogP contribution >= 0.6 is 0 Å². The first kappa shape index (κ1) is 19.5. The summed E-state index contributed by atoms with van der Waals surface area (Å²) in [6, 6.07) is 10.5. The highest BCUT2D eigenvalue weighted by Crippen LogP contribution is 2.37. The van der Waals surface area contributed by atoms with E-state index in [0.29, 0.717) is 11.1 Å². The smallest absolute Gasteiger partial charge is 0.341 e. The summed E-state index contributed by atoms with van der Waals surface area (Å²) in [5.41, 5.74) is 1.42. The molecule has 0 unspecified atom stereocenters. The predicted octanol–water partition coefficient (Wildman–Crippen LogP) is 3.42. The van der Waals surface area contributed by atoms with E-state index in [1.807, 2.05) is 0 Å². The third-order valence-corrected chi connectivity index (χ3v) is 5.92. The van der Waals surface area contributed by atoms with Crippen LogP contribution in [0, 0.1) is 0 Å². The van der Waals surface area contributed by atoms with Crippen molar-refractivity contribution < 1.29 is 32.2 Å². The number of rotatable bonds is 6. The van der Waals surface area contributed by atoms with E-state index in [9.17, 15) is 18.3 Å². The molecule has 0 aliphatic rings. The van der Waals surface area contributed by atoms with Crippen LogP contribution in [0.4, 0.5) is 0 Å². The van der Waals surface area contributed by atoms with Crippen molar-refractivity contribution in [2.45, 2.75) is 10.6 Å². The maximum absolute atomic E-state index is 12.8. The Morgan fingerprint density at radius 2 is 1.86 bits per heavy atom. The first-order valence-electron chi connectivity index (χ1n) is 8.20. The molecule has 3 rings (SSSR count). The molecule has 0 spiro atoms. The Kier molecular flexibility index (Phi) is 5.41. The highest BCUT2D eigenvalue weighted by atomic mass is 32.2. The predicted molar refractivity (Wildman–Crippen MR) is 101 cm³/mol. The summed E-state index contributed by atoms with van der Waals surface area (Å²) in [5.74, 6) is -1.43. The van der Waals surface area contributed by atoms with Crippen LogP contribution in [0.1, 0.15) is 15.9 Å². The van der Waals surface area contributed by atoms with Crippen molar-refractivity contribution >= 4 is 15.8 Å². The van der Waals surface area contributed by atoms with Crippen LogP contribution in [0.3, 0.4) is 0 Å². The van der Waals surface area contributed by atoms with Gasteiger partial charge in [-0.25, -0.2) is 13.2 Å². The van der Waals surface area contributed by atoms with E-state index in [4.69, 9.17) is 13.9 Å². The van der Waals surface area contributed by atoms with E-state index < -0.39 is 21.6 Å². The number of phenols is 1. The topological polar surface area (TPSA) is 103 Å². The largest absolute Gasteiger partial charge is 0.507 e. The molecule has 7 nitrogen and oxygen atoms in total. The van der Waals surface area contributed by atoms with E-state index in [1.54, 1.807) is 12.1 Å². The number of hydrogen-bond donors (Lipinski definition) is 1. The summed E-state index contributed by atoms with van der Waals surface area (Å²) in [6.07, 6.45) is 2.96. The van der Waals surface area contributed by atoms with Crippen molar-refractivity contribution in [1.29, 1.82) is 0 Å². The van der Waals surface area contributed by atoms with Gasteiger partial charge in [-0.15, -0.1) is 0 Å². The number of furan rings is 1. The zero-order chi connectivity index (χ0) is 20.3. The second-order valence-electron chi connectivity index (χ2n) is 5.91. The molecule has 0 fully saturated rings. The normalized spacial score (nSPS) is 11.2. The summed E-state index contributed by atoms with van der Waals surface area (Å²) < 4.78 is 41.0. The first-order valence-corrected chi connectivity index (χ1v) is 9.85. The van der Waals surface area contributed by atoms with Crippen molar-refractivity contribution in [3.8, 4) is 22.6 Å². The second-order valence-corrected chi connectivity index (χ2v) is 7.87. The first-order chi connectivity index (χ1) is 13.4. The summed E-state index contributed by atoms with van der Waals surface area (Å²) in [7, 11) is -1.35. The Labute approximate surface area is 162 Å². The lowest BCUT2D eigenvalue weighted by molar-refractivity contribution is 0.0596. The van der Waals surface area contributed by atoms with Crippen LogP contribution in [0.15, 0.2) is 64.3 Å². The maximum Gasteiger partial charge on any atom is 0.341 e. The van der Waals surface area contributed by atoms with Crippen molar-refractivity contribution in [2.75, 3.05) is 14.2 Å². The molecule has 146 valence electrons. The highest BCUT2D eigenvalue weighted by molar-refractivity contribution is 7.90. The minimum absolute atomic E-state index is 0.00250. The van der Waals surface area contributed by atoms with Gasteiger partial charge in [0.2, 0.25) is 0 Å². The van der Waals surface area contributed by atoms with Crippen LogP contribution in [0.5, 0.6) is 11.5 Å². The fourth-order valence-electron chi connectivity index (χ4n) is 2.93. The van der Waals surface area contributed by atoms with Crippen molar-refractivity contribution in [2.24, 2.45) is 0 Å². The number of benzene rings is 2. The van der Waals surface area contributed by atoms with E-state index in [2.05, 4.69) is 0 Å². The fraction of sp³-hybridized carbons (Fsp3) is 0.150. The van der Waals surface area contributed by atoms with Crippen LogP contribution < -0.4 is 4.74 Å². The molecule has 8 heteroatoms. The van der Waals surface area contributed by atoms with Crippen molar-refractivity contribution in [3.05, 3.63) is 66.1 Å². The van der Waals surface area contributed by atoms with Crippen LogP contribution in [0.25, 0.3) is 11.1 Å². The molecule has 28 heavy (non-hydrogen) atoms. The van der Waals surface area contributed by atoms with E-state index in [-0.39, 0.29) is 27.5 Å². The lowest BCUT2D eigenvalue weighted by Crippen LogP contribution is -2.13. The monoisotopic (exact) mass is 402 g/mol. The third-order valence-electron chi connectivity index (χ3n) is 4.22. The molecular formula is C20H18O7S. The Hall–Kier alpha value is -3.26. The Morgan fingerprint density at radius 1 is 1.11 bits per heavy atom. The van der Waals surface area contributed by atoms with Crippen molar-refractivity contribution in [1.82, 2.24) is 0 Å². The number of sulfone groups is 1. The van der Waals surface area contributed by atoms with Gasteiger partial charge in [-0.2, -0.15) is 0 Å². The Morgan fingerprint density at radius 3 is 2.46 bits per heavy atom. The quantitative estimate of drug-likeness (QED) is 0.630. The molecule has 3 aromatic rings. The Bertz CT molecular complexity index is 1100. The summed E-state index contributed by atoms with van der Waals surface area (Å²) in [5, 5.41) is 9.91. The second kappa shape index (κ2) is 7.77. The zero-order valence-corrected chi connectivity index (χ0v) is 16.0. The molecule has 0 saturated carbocycles. The molecule has 0 saturated heterocycles. The van der Waals surface area contributed by atoms with Gasteiger partial charge in [0.25, 0.3) is 0 Å². The number of hydrogen-bond acceptors (Lipinski definition) is 7. The summed E-state index contributed by atoms with van der Waals surface area (Å²) >= 11 is 0. The van der Waals surface area contributed by atoms with Crippen molar-refractivity contribution in [3.63, 3.8) is 0 Å². The van der Waals surface area contributed by atoms with Gasteiger partial charge in [0, 0.05) is 11.1 Å². The van der Waals surface area contributed by atoms with Crippen LogP contribution in [0.2, 0.25) is 0 Å².